The van der Waals surface area contributed by atoms with Crippen LogP contribution >= 0.6 is 0 Å². The van der Waals surface area contributed by atoms with Gasteiger partial charge in [0, 0.05) is 24.7 Å². The number of hydrogen-bond donors (Lipinski definition) is 1. The van der Waals surface area contributed by atoms with Gasteiger partial charge >= 0.3 is 0 Å². The molecule has 0 fully saturated rings. The third kappa shape index (κ3) is 2.95. The number of rotatable bonds is 4. The van der Waals surface area contributed by atoms with Crippen molar-refractivity contribution in [3.8, 4) is 0 Å². The maximum atomic E-state index is 12.3. The molecule has 0 bridgehead atoms. The summed E-state index contributed by atoms with van der Waals surface area (Å²) in [6, 6.07) is 0. The van der Waals surface area contributed by atoms with Crippen LogP contribution in [0.4, 0.5) is 0 Å². The van der Waals surface area contributed by atoms with E-state index in [0.29, 0.717) is 6.42 Å². The van der Waals surface area contributed by atoms with Gasteiger partial charge in [-0.05, 0) is 37.5 Å². The molecule has 0 unspecified atom stereocenters. The van der Waals surface area contributed by atoms with Crippen LogP contribution in [0.15, 0.2) is 23.5 Å². The van der Waals surface area contributed by atoms with Gasteiger partial charge in [0.2, 0.25) is 0 Å². The highest BCUT2D eigenvalue weighted by Crippen LogP contribution is 2.42. The number of Topliss-reactive ketones (excluding diaryl/α,β-unsaturated/α-hetero) is 1. The van der Waals surface area contributed by atoms with Gasteiger partial charge in [-0.2, -0.15) is 0 Å². The van der Waals surface area contributed by atoms with Crippen molar-refractivity contribution in [1.82, 2.24) is 0 Å². The van der Waals surface area contributed by atoms with Crippen LogP contribution < -0.4 is 0 Å². The Morgan fingerprint density at radius 1 is 1.57 bits per heavy atom. The van der Waals surface area contributed by atoms with E-state index in [9.17, 15) is 14.7 Å². The van der Waals surface area contributed by atoms with E-state index in [1.165, 1.54) is 13.0 Å². The predicted octanol–water partition coefficient (Wildman–Crippen LogP) is 2.56. The molecule has 4 nitrogen and oxygen atoms in total. The minimum atomic E-state index is -1.54. The lowest BCUT2D eigenvalue weighted by Crippen LogP contribution is -2.48. The Labute approximate surface area is 125 Å². The van der Waals surface area contributed by atoms with Crippen molar-refractivity contribution in [1.29, 1.82) is 0 Å². The number of fused-ring (bicyclic) bond motifs is 1. The van der Waals surface area contributed by atoms with Gasteiger partial charge in [0.05, 0.1) is 12.4 Å². The van der Waals surface area contributed by atoms with Gasteiger partial charge in [0.25, 0.3) is 0 Å². The molecule has 4 heteroatoms. The van der Waals surface area contributed by atoms with Gasteiger partial charge in [-0.15, -0.1) is 0 Å². The molecular formula is C17H24O4. The van der Waals surface area contributed by atoms with Crippen molar-refractivity contribution in [2.24, 2.45) is 11.8 Å². The van der Waals surface area contributed by atoms with Gasteiger partial charge in [-0.3, -0.25) is 9.59 Å². The molecule has 0 amide bonds. The molecule has 0 saturated heterocycles. The summed E-state index contributed by atoms with van der Waals surface area (Å²) in [5.41, 5.74) is 0.157. The van der Waals surface area contributed by atoms with E-state index in [1.807, 2.05) is 20.8 Å². The van der Waals surface area contributed by atoms with Crippen LogP contribution in [0.25, 0.3) is 0 Å². The molecule has 21 heavy (non-hydrogen) atoms. The lowest BCUT2D eigenvalue weighted by molar-refractivity contribution is -0.138. The van der Waals surface area contributed by atoms with Crippen molar-refractivity contribution < 1.29 is 19.4 Å². The summed E-state index contributed by atoms with van der Waals surface area (Å²) in [5, 5.41) is 10.6. The predicted molar refractivity (Wildman–Crippen MR) is 79.5 cm³/mol. The minimum Gasteiger partial charge on any atom is -0.498 e. The van der Waals surface area contributed by atoms with Crippen LogP contribution in [0.5, 0.6) is 0 Å². The Kier molecular flexibility index (Phi) is 4.38. The van der Waals surface area contributed by atoms with Crippen molar-refractivity contribution in [3.63, 3.8) is 0 Å². The van der Waals surface area contributed by atoms with Crippen molar-refractivity contribution in [3.05, 3.63) is 23.5 Å². The first-order valence-electron chi connectivity index (χ1n) is 7.63. The second-order valence-electron chi connectivity index (χ2n) is 6.44. The van der Waals surface area contributed by atoms with Crippen molar-refractivity contribution >= 4 is 11.6 Å². The van der Waals surface area contributed by atoms with E-state index >= 15 is 0 Å². The molecule has 0 saturated carbocycles. The van der Waals surface area contributed by atoms with Gasteiger partial charge < -0.3 is 9.84 Å². The standard InChI is InChI=1S/C17H24O4/c1-5-10(2)15(18)8-14-13-9-21-11(3)6-12(13)7-16(19)17(14,4)20/h7,9-11,14,20H,5-6,8H2,1-4H3/t10-,11+,14-,17+/m0/s1. The molecule has 1 N–H and O–H groups in total. The summed E-state index contributed by atoms with van der Waals surface area (Å²) in [4.78, 5) is 24.5. The zero-order valence-corrected chi connectivity index (χ0v) is 13.2. The lowest BCUT2D eigenvalue weighted by atomic mass is 9.69. The first kappa shape index (κ1) is 16.0. The minimum absolute atomic E-state index is 0.0155. The maximum Gasteiger partial charge on any atom is 0.187 e. The van der Waals surface area contributed by atoms with Crippen LogP contribution in [0, 0.1) is 11.8 Å². The molecule has 0 aromatic heterocycles. The number of hydrogen-bond acceptors (Lipinski definition) is 4. The molecule has 1 aliphatic carbocycles. The molecular weight excluding hydrogens is 268 g/mol. The summed E-state index contributed by atoms with van der Waals surface area (Å²) >= 11 is 0. The van der Waals surface area contributed by atoms with E-state index in [0.717, 1.165) is 17.6 Å². The molecule has 2 rings (SSSR count). The molecule has 2 aliphatic rings. The van der Waals surface area contributed by atoms with Gasteiger partial charge in [0.1, 0.15) is 11.4 Å². The monoisotopic (exact) mass is 292 g/mol. The summed E-state index contributed by atoms with van der Waals surface area (Å²) in [7, 11) is 0. The first-order valence-corrected chi connectivity index (χ1v) is 7.63. The fourth-order valence-corrected chi connectivity index (χ4v) is 2.91. The SMILES string of the molecule is CC[C@H](C)C(=O)C[C@H]1C2=CO[C@H](C)CC2=CC(=O)[C@]1(C)O. The highest BCUT2D eigenvalue weighted by atomic mass is 16.5. The van der Waals surface area contributed by atoms with E-state index in [4.69, 9.17) is 4.74 Å². The third-order valence-corrected chi connectivity index (χ3v) is 4.73. The fraction of sp³-hybridized carbons (Fsp3) is 0.647. The smallest absolute Gasteiger partial charge is 0.187 e. The third-order valence-electron chi connectivity index (χ3n) is 4.73. The average Bonchev–Trinajstić information content (AvgIpc) is 2.43. The quantitative estimate of drug-likeness (QED) is 0.865. The van der Waals surface area contributed by atoms with Crippen molar-refractivity contribution in [2.45, 2.75) is 58.7 Å². The molecule has 0 spiro atoms. The average molecular weight is 292 g/mol. The highest BCUT2D eigenvalue weighted by Gasteiger charge is 2.46. The number of ketones is 2. The summed E-state index contributed by atoms with van der Waals surface area (Å²) in [6.07, 6.45) is 4.72. The zero-order valence-electron chi connectivity index (χ0n) is 13.2. The Morgan fingerprint density at radius 2 is 2.24 bits per heavy atom. The highest BCUT2D eigenvalue weighted by molar-refractivity contribution is 6.00. The first-order chi connectivity index (χ1) is 9.77. The van der Waals surface area contributed by atoms with Crippen LogP contribution in [-0.2, 0) is 14.3 Å². The summed E-state index contributed by atoms with van der Waals surface area (Å²) in [5.74, 6) is -0.810. The van der Waals surface area contributed by atoms with Crippen LogP contribution in [0.2, 0.25) is 0 Å². The second kappa shape index (κ2) is 5.76. The maximum absolute atomic E-state index is 12.3. The Balaban J connectivity index is 2.34. The van der Waals surface area contributed by atoms with Crippen molar-refractivity contribution in [2.75, 3.05) is 0 Å². The van der Waals surface area contributed by atoms with E-state index in [-0.39, 0.29) is 30.0 Å². The molecule has 0 aromatic rings. The summed E-state index contributed by atoms with van der Waals surface area (Å²) < 4.78 is 5.54. The molecule has 0 aromatic carbocycles. The molecule has 1 aliphatic heterocycles. The molecule has 1 heterocycles. The van der Waals surface area contributed by atoms with Gasteiger partial charge in [-0.1, -0.05) is 13.8 Å². The van der Waals surface area contributed by atoms with Gasteiger partial charge in [0.15, 0.2) is 5.78 Å². The number of aliphatic hydroxyl groups is 1. The number of carbonyl (C=O) groups is 2. The lowest BCUT2D eigenvalue weighted by Gasteiger charge is -2.39. The largest absolute Gasteiger partial charge is 0.498 e. The topological polar surface area (TPSA) is 63.6 Å². The number of ether oxygens (including phenoxy) is 1. The molecule has 116 valence electrons. The van der Waals surface area contributed by atoms with Crippen LogP contribution in [-0.4, -0.2) is 28.4 Å². The number of carbonyl (C=O) groups excluding carboxylic acids is 2. The van der Waals surface area contributed by atoms with Gasteiger partial charge in [-0.25, -0.2) is 0 Å². The van der Waals surface area contributed by atoms with E-state index < -0.39 is 11.5 Å². The Morgan fingerprint density at radius 3 is 2.86 bits per heavy atom. The van der Waals surface area contributed by atoms with Crippen LogP contribution in [0.1, 0.15) is 47.0 Å². The van der Waals surface area contributed by atoms with E-state index in [2.05, 4.69) is 0 Å². The molecule has 4 atom stereocenters. The zero-order chi connectivity index (χ0) is 15.8. The summed E-state index contributed by atoms with van der Waals surface area (Å²) in [6.45, 7) is 7.27. The Hall–Kier alpha value is -1.42. The Bertz CT molecular complexity index is 513. The second-order valence-corrected chi connectivity index (χ2v) is 6.44. The molecule has 0 radical (unpaired) electrons. The van der Waals surface area contributed by atoms with Crippen LogP contribution in [0.3, 0.4) is 0 Å². The fourth-order valence-electron chi connectivity index (χ4n) is 2.91. The normalized spacial score (nSPS) is 33.5. The van der Waals surface area contributed by atoms with E-state index in [1.54, 1.807) is 6.26 Å².